The van der Waals surface area contributed by atoms with E-state index in [0.29, 0.717) is 5.69 Å². The van der Waals surface area contributed by atoms with Gasteiger partial charge in [-0.3, -0.25) is 14.4 Å². The fourth-order valence-corrected chi connectivity index (χ4v) is 3.49. The van der Waals surface area contributed by atoms with Gasteiger partial charge in [-0.25, -0.2) is 9.78 Å². The van der Waals surface area contributed by atoms with Gasteiger partial charge >= 0.3 is 5.97 Å². The molecule has 0 radical (unpaired) electrons. The number of rotatable bonds is 13. The third-order valence-electron chi connectivity index (χ3n) is 4.86. The molecule has 11 nitrogen and oxygen atoms in total. The number of aliphatic carboxylic acids is 1. The van der Waals surface area contributed by atoms with E-state index in [-0.39, 0.29) is 24.3 Å². The molecule has 0 bridgehead atoms. The SMILES string of the molecule is NC(Cc1ccccc1)C(=O)NC(Cc1cnc[nH]1)C(=O)NC(CS)C(=O)NC(CS)C(=O)O. The van der Waals surface area contributed by atoms with Crippen LogP contribution in [0.3, 0.4) is 0 Å². The van der Waals surface area contributed by atoms with Gasteiger partial charge in [-0.1, -0.05) is 30.3 Å². The van der Waals surface area contributed by atoms with Crippen molar-refractivity contribution in [1.29, 1.82) is 0 Å². The topological polar surface area (TPSA) is 179 Å². The van der Waals surface area contributed by atoms with Crippen LogP contribution in [0.25, 0.3) is 0 Å². The van der Waals surface area contributed by atoms with E-state index >= 15 is 0 Å². The number of aromatic amines is 1. The van der Waals surface area contributed by atoms with Gasteiger partial charge in [0.2, 0.25) is 17.7 Å². The van der Waals surface area contributed by atoms with Gasteiger partial charge in [0.15, 0.2) is 0 Å². The van der Waals surface area contributed by atoms with E-state index in [1.54, 1.807) is 0 Å². The molecule has 184 valence electrons. The standard InChI is InChI=1S/C21H28N6O5S2/c22-14(6-12-4-2-1-3-5-12)18(28)25-15(7-13-8-23-11-24-13)19(29)26-16(9-33)20(30)27-17(10-34)21(31)32/h1-5,8,11,14-17,33-34H,6-7,9-10,22H2,(H,23,24)(H,25,28)(H,26,29)(H,27,30)(H,31,32). The van der Waals surface area contributed by atoms with Crippen molar-refractivity contribution in [1.82, 2.24) is 25.9 Å². The maximum atomic E-state index is 13.0. The molecule has 3 amide bonds. The molecule has 13 heteroatoms. The second kappa shape index (κ2) is 13.6. The van der Waals surface area contributed by atoms with Crippen LogP contribution in [0.15, 0.2) is 42.9 Å². The Labute approximate surface area is 207 Å². The predicted molar refractivity (Wildman–Crippen MR) is 132 cm³/mol. The Morgan fingerprint density at radius 1 is 0.912 bits per heavy atom. The van der Waals surface area contributed by atoms with Crippen LogP contribution in [0.2, 0.25) is 0 Å². The maximum Gasteiger partial charge on any atom is 0.327 e. The minimum atomic E-state index is -1.26. The van der Waals surface area contributed by atoms with Crippen molar-refractivity contribution in [2.45, 2.75) is 37.0 Å². The van der Waals surface area contributed by atoms with Crippen LogP contribution in [0.5, 0.6) is 0 Å². The number of carboxylic acids is 1. The van der Waals surface area contributed by atoms with Gasteiger partial charge < -0.3 is 31.8 Å². The maximum absolute atomic E-state index is 13.0. The summed E-state index contributed by atoms with van der Waals surface area (Å²) in [7, 11) is 0. The molecular weight excluding hydrogens is 480 g/mol. The lowest BCUT2D eigenvalue weighted by Gasteiger charge is -2.24. The number of carbonyl (C=O) groups excluding carboxylic acids is 3. The van der Waals surface area contributed by atoms with Gasteiger partial charge in [0.25, 0.3) is 0 Å². The molecule has 0 spiro atoms. The molecule has 0 fully saturated rings. The zero-order valence-corrected chi connectivity index (χ0v) is 20.0. The number of carbonyl (C=O) groups is 4. The molecule has 4 atom stereocenters. The number of H-pyrrole nitrogens is 1. The molecule has 34 heavy (non-hydrogen) atoms. The summed E-state index contributed by atoms with van der Waals surface area (Å²) in [6.45, 7) is 0. The van der Waals surface area contributed by atoms with E-state index in [4.69, 9.17) is 10.8 Å². The first-order chi connectivity index (χ1) is 16.2. The number of carboxylic acid groups (broad SMARTS) is 1. The van der Waals surface area contributed by atoms with Gasteiger partial charge in [-0.05, 0) is 12.0 Å². The Hall–Kier alpha value is -3.03. The minimum Gasteiger partial charge on any atom is -0.480 e. The van der Waals surface area contributed by atoms with E-state index in [9.17, 15) is 19.2 Å². The van der Waals surface area contributed by atoms with Crippen molar-refractivity contribution < 1.29 is 24.3 Å². The molecule has 4 unspecified atom stereocenters. The van der Waals surface area contributed by atoms with Crippen LogP contribution >= 0.6 is 25.3 Å². The molecule has 2 aromatic rings. The van der Waals surface area contributed by atoms with Crippen LogP contribution in [-0.4, -0.2) is 74.4 Å². The summed E-state index contributed by atoms with van der Waals surface area (Å²) in [4.78, 5) is 56.1. The largest absolute Gasteiger partial charge is 0.480 e. The summed E-state index contributed by atoms with van der Waals surface area (Å²) >= 11 is 7.98. The Morgan fingerprint density at radius 3 is 2.06 bits per heavy atom. The highest BCUT2D eigenvalue weighted by molar-refractivity contribution is 7.80. The van der Waals surface area contributed by atoms with Gasteiger partial charge in [0.05, 0.1) is 12.4 Å². The number of amides is 3. The fourth-order valence-electron chi connectivity index (χ4n) is 2.99. The van der Waals surface area contributed by atoms with Crippen LogP contribution in [0.4, 0.5) is 0 Å². The third kappa shape index (κ3) is 8.39. The smallest absolute Gasteiger partial charge is 0.327 e. The summed E-state index contributed by atoms with van der Waals surface area (Å²) in [6.07, 6.45) is 3.27. The zero-order chi connectivity index (χ0) is 25.1. The quantitative estimate of drug-likeness (QED) is 0.159. The van der Waals surface area contributed by atoms with Crippen LogP contribution in [-0.2, 0) is 32.0 Å². The second-order valence-corrected chi connectivity index (χ2v) is 8.19. The lowest BCUT2D eigenvalue weighted by molar-refractivity contribution is -0.141. The van der Waals surface area contributed by atoms with Gasteiger partial charge in [-0.2, -0.15) is 25.3 Å². The van der Waals surface area contributed by atoms with Crippen molar-refractivity contribution in [2.75, 3.05) is 11.5 Å². The normalized spacial score (nSPS) is 14.3. The molecule has 1 heterocycles. The van der Waals surface area contributed by atoms with E-state index in [1.165, 1.54) is 12.5 Å². The van der Waals surface area contributed by atoms with E-state index < -0.39 is 47.9 Å². The fraction of sp³-hybridized carbons (Fsp3) is 0.381. The number of hydrogen-bond acceptors (Lipinski definition) is 8. The van der Waals surface area contributed by atoms with Gasteiger partial charge in [0.1, 0.15) is 18.1 Å². The summed E-state index contributed by atoms with van der Waals surface area (Å²) in [5.74, 6) is -3.44. The first-order valence-corrected chi connectivity index (χ1v) is 11.6. The number of aromatic nitrogens is 2. The molecule has 0 saturated carbocycles. The number of nitrogens with one attached hydrogen (secondary N) is 4. The molecule has 1 aromatic carbocycles. The van der Waals surface area contributed by atoms with E-state index in [0.717, 1.165) is 5.56 Å². The van der Waals surface area contributed by atoms with Crippen molar-refractivity contribution in [3.63, 3.8) is 0 Å². The Morgan fingerprint density at radius 2 is 1.50 bits per heavy atom. The molecule has 0 aliphatic heterocycles. The Balaban J connectivity index is 2.09. The monoisotopic (exact) mass is 508 g/mol. The highest BCUT2D eigenvalue weighted by Crippen LogP contribution is 2.05. The summed E-state index contributed by atoms with van der Waals surface area (Å²) in [6, 6.07) is 4.84. The lowest BCUT2D eigenvalue weighted by Crippen LogP contribution is -2.58. The molecule has 2 rings (SSSR count). The number of benzene rings is 1. The van der Waals surface area contributed by atoms with E-state index in [2.05, 4.69) is 51.2 Å². The average molecular weight is 509 g/mol. The molecule has 0 aliphatic carbocycles. The molecular formula is C21H28N6O5S2. The minimum absolute atomic E-state index is 0.0604. The first-order valence-electron chi connectivity index (χ1n) is 10.4. The van der Waals surface area contributed by atoms with Crippen LogP contribution in [0, 0.1) is 0 Å². The summed E-state index contributed by atoms with van der Waals surface area (Å²) in [5.41, 5.74) is 7.48. The number of nitrogens with zero attached hydrogens (tertiary/aromatic N) is 1. The predicted octanol–water partition coefficient (Wildman–Crippen LogP) is -1.08. The number of hydrogen-bond donors (Lipinski definition) is 8. The van der Waals surface area contributed by atoms with Gasteiger partial charge in [0, 0.05) is 29.8 Å². The average Bonchev–Trinajstić information content (AvgIpc) is 3.33. The lowest BCUT2D eigenvalue weighted by atomic mass is 10.0. The van der Waals surface area contributed by atoms with Crippen LogP contribution in [0.1, 0.15) is 11.3 Å². The van der Waals surface area contributed by atoms with Crippen molar-refractivity contribution in [3.05, 3.63) is 54.1 Å². The van der Waals surface area contributed by atoms with Crippen molar-refractivity contribution >= 4 is 48.9 Å². The summed E-state index contributed by atoms with van der Waals surface area (Å²) < 4.78 is 0. The van der Waals surface area contributed by atoms with Crippen molar-refractivity contribution in [2.24, 2.45) is 5.73 Å². The number of imidazole rings is 1. The Bertz CT molecular complexity index is 960. The zero-order valence-electron chi connectivity index (χ0n) is 18.2. The molecule has 0 aliphatic rings. The third-order valence-corrected chi connectivity index (χ3v) is 5.59. The van der Waals surface area contributed by atoms with Gasteiger partial charge in [-0.15, -0.1) is 0 Å². The van der Waals surface area contributed by atoms with Crippen molar-refractivity contribution in [3.8, 4) is 0 Å². The highest BCUT2D eigenvalue weighted by Gasteiger charge is 2.30. The summed E-state index contributed by atoms with van der Waals surface area (Å²) in [5, 5.41) is 16.5. The molecule has 0 saturated heterocycles. The molecule has 7 N–H and O–H groups in total. The van der Waals surface area contributed by atoms with E-state index in [1.807, 2.05) is 30.3 Å². The highest BCUT2D eigenvalue weighted by atomic mass is 32.1. The van der Waals surface area contributed by atoms with Crippen LogP contribution < -0.4 is 21.7 Å². The number of thiol groups is 2. The molecule has 1 aromatic heterocycles. The first kappa shape index (κ1) is 27.2. The second-order valence-electron chi connectivity index (χ2n) is 7.46. The Kier molecular flexibility index (Phi) is 10.9. The number of nitrogens with two attached hydrogens (primary N) is 1.